The second kappa shape index (κ2) is 14.8. The molecule has 5 amide bonds. The lowest BCUT2D eigenvalue weighted by molar-refractivity contribution is -0.138. The van der Waals surface area contributed by atoms with E-state index in [4.69, 9.17) is 4.74 Å². The lowest BCUT2D eigenvalue weighted by atomic mass is 9.94. The first-order valence-corrected chi connectivity index (χ1v) is 13.4. The van der Waals surface area contributed by atoms with Crippen LogP contribution in [0.2, 0.25) is 0 Å². The number of hydrogen-bond acceptors (Lipinski definition) is 6. The van der Waals surface area contributed by atoms with Crippen LogP contribution in [0.5, 0.6) is 5.75 Å². The average Bonchev–Trinajstić information content (AvgIpc) is 3.34. The molecule has 1 fully saturated rings. The van der Waals surface area contributed by atoms with Crippen LogP contribution in [0.1, 0.15) is 38.7 Å². The Balaban J connectivity index is 1.73. The Kier molecular flexibility index (Phi) is 11.2. The zero-order valence-corrected chi connectivity index (χ0v) is 23.3. The number of nitrogens with one attached hydrogen (secondary N) is 5. The van der Waals surface area contributed by atoms with E-state index < -0.39 is 47.4 Å². The van der Waals surface area contributed by atoms with E-state index in [-0.39, 0.29) is 42.6 Å². The fourth-order valence-corrected chi connectivity index (χ4v) is 4.45. The van der Waals surface area contributed by atoms with Crippen LogP contribution in [0.15, 0.2) is 48.5 Å². The largest absolute Gasteiger partial charge is 0.497 e. The van der Waals surface area contributed by atoms with Crippen molar-refractivity contribution in [3.63, 3.8) is 0 Å². The number of ether oxygens (including phenoxy) is 1. The SMILES string of the molecule is COc1cc(F)cc(NC(=O)C(=O)[C@H](C[C@@H]2CCNC2=O)NC(=O)[C@H](CC(C)C)NC(=O)NCc2ccccc2)c1. The van der Waals surface area contributed by atoms with Gasteiger partial charge in [0.2, 0.25) is 17.6 Å². The minimum Gasteiger partial charge on any atom is -0.497 e. The second-order valence-corrected chi connectivity index (χ2v) is 10.3. The lowest BCUT2D eigenvalue weighted by Gasteiger charge is -2.25. The maximum absolute atomic E-state index is 13.9. The van der Waals surface area contributed by atoms with Gasteiger partial charge in [0.15, 0.2) is 0 Å². The maximum atomic E-state index is 13.9. The summed E-state index contributed by atoms with van der Waals surface area (Å²) in [5.74, 6) is -4.23. The molecule has 0 spiro atoms. The Hall–Kier alpha value is -4.48. The molecule has 11 nitrogen and oxygen atoms in total. The molecule has 0 radical (unpaired) electrons. The van der Waals surface area contributed by atoms with E-state index in [1.165, 1.54) is 13.2 Å². The monoisotopic (exact) mass is 569 g/mol. The predicted octanol–water partition coefficient (Wildman–Crippen LogP) is 2.27. The molecule has 12 heteroatoms. The van der Waals surface area contributed by atoms with Gasteiger partial charge >= 0.3 is 6.03 Å². The summed E-state index contributed by atoms with van der Waals surface area (Å²) in [7, 11) is 1.33. The van der Waals surface area contributed by atoms with Gasteiger partial charge in [0.25, 0.3) is 5.91 Å². The van der Waals surface area contributed by atoms with Crippen molar-refractivity contribution in [1.29, 1.82) is 0 Å². The van der Waals surface area contributed by atoms with Gasteiger partial charge in [-0.15, -0.1) is 0 Å². The number of Topliss-reactive ketones (excluding diaryl/α,β-unsaturated/α-hetero) is 1. The number of benzene rings is 2. The third-order valence-corrected chi connectivity index (χ3v) is 6.53. The lowest BCUT2D eigenvalue weighted by Crippen LogP contribution is -2.55. The van der Waals surface area contributed by atoms with E-state index in [1.807, 2.05) is 44.2 Å². The van der Waals surface area contributed by atoms with Gasteiger partial charge in [-0.25, -0.2) is 9.18 Å². The van der Waals surface area contributed by atoms with E-state index >= 15 is 0 Å². The Labute approximate surface area is 238 Å². The van der Waals surface area contributed by atoms with Gasteiger partial charge in [-0.05, 0) is 36.8 Å². The van der Waals surface area contributed by atoms with Crippen molar-refractivity contribution < 1.29 is 33.1 Å². The maximum Gasteiger partial charge on any atom is 0.315 e. The predicted molar refractivity (Wildman–Crippen MR) is 149 cm³/mol. The Morgan fingerprint density at radius 2 is 1.78 bits per heavy atom. The first-order valence-electron chi connectivity index (χ1n) is 13.4. The van der Waals surface area contributed by atoms with Crippen molar-refractivity contribution in [3.8, 4) is 5.75 Å². The zero-order valence-electron chi connectivity index (χ0n) is 23.3. The molecule has 5 N–H and O–H groups in total. The van der Waals surface area contributed by atoms with Crippen LogP contribution in [0.4, 0.5) is 14.9 Å². The number of halogens is 1. The highest BCUT2D eigenvalue weighted by Crippen LogP contribution is 2.21. The van der Waals surface area contributed by atoms with Gasteiger partial charge in [-0.1, -0.05) is 44.2 Å². The van der Waals surface area contributed by atoms with Crippen molar-refractivity contribution in [2.45, 2.75) is 51.7 Å². The zero-order chi connectivity index (χ0) is 29.9. The van der Waals surface area contributed by atoms with Gasteiger partial charge in [0.05, 0.1) is 13.2 Å². The van der Waals surface area contributed by atoms with Crippen LogP contribution in [-0.4, -0.2) is 55.3 Å². The van der Waals surface area contributed by atoms with Crippen LogP contribution in [0, 0.1) is 17.7 Å². The number of hydrogen-bond donors (Lipinski definition) is 5. The molecule has 1 saturated heterocycles. The molecular formula is C29H36FN5O6. The van der Waals surface area contributed by atoms with Crippen molar-refractivity contribution in [1.82, 2.24) is 21.3 Å². The van der Waals surface area contributed by atoms with Crippen LogP contribution in [-0.2, 0) is 25.7 Å². The number of methoxy groups -OCH3 is 1. The third kappa shape index (κ3) is 9.59. The van der Waals surface area contributed by atoms with Gasteiger partial charge in [0.1, 0.15) is 17.6 Å². The summed E-state index contributed by atoms with van der Waals surface area (Å²) in [6.45, 7) is 4.39. The molecule has 0 aromatic heterocycles. The molecular weight excluding hydrogens is 533 g/mol. The normalized spacial score (nSPS) is 15.8. The highest BCUT2D eigenvalue weighted by Gasteiger charge is 2.35. The molecule has 0 saturated carbocycles. The molecule has 1 aliphatic rings. The molecule has 41 heavy (non-hydrogen) atoms. The summed E-state index contributed by atoms with van der Waals surface area (Å²) < 4.78 is 18.9. The average molecular weight is 570 g/mol. The molecule has 3 atom stereocenters. The highest BCUT2D eigenvalue weighted by molar-refractivity contribution is 6.42. The minimum atomic E-state index is -1.37. The number of ketones is 1. The van der Waals surface area contributed by atoms with Gasteiger partial charge in [-0.2, -0.15) is 0 Å². The fourth-order valence-electron chi connectivity index (χ4n) is 4.45. The quantitative estimate of drug-likeness (QED) is 0.233. The number of rotatable bonds is 13. The number of amides is 5. The van der Waals surface area contributed by atoms with E-state index in [1.54, 1.807) is 0 Å². The molecule has 2 aromatic carbocycles. The summed E-state index contributed by atoms with van der Waals surface area (Å²) >= 11 is 0. The molecule has 3 rings (SSSR count). The summed E-state index contributed by atoms with van der Waals surface area (Å²) in [5, 5.41) is 12.9. The Morgan fingerprint density at radius 1 is 1.05 bits per heavy atom. The number of anilines is 1. The third-order valence-electron chi connectivity index (χ3n) is 6.53. The standard InChI is InChI=1S/C29H36FN5O6/c1-17(2)11-24(35-29(40)32-16-18-7-5-4-6-8-18)27(38)34-23(12-19-9-10-31-26(19)37)25(36)28(39)33-21-13-20(30)14-22(15-21)41-3/h4-8,13-15,17,19,23-24H,9-12,16H2,1-3H3,(H,31,37)(H,33,39)(H,34,38)(H2,32,35,40)/t19-,23-,24-/m0/s1. The van der Waals surface area contributed by atoms with E-state index in [0.717, 1.165) is 17.7 Å². The van der Waals surface area contributed by atoms with E-state index in [0.29, 0.717) is 13.0 Å². The van der Waals surface area contributed by atoms with E-state index in [2.05, 4.69) is 26.6 Å². The molecule has 0 aliphatic carbocycles. The molecule has 0 unspecified atom stereocenters. The van der Waals surface area contributed by atoms with Crippen molar-refractivity contribution in [3.05, 3.63) is 59.9 Å². The number of carbonyl (C=O) groups is 5. The first-order chi connectivity index (χ1) is 19.5. The smallest absolute Gasteiger partial charge is 0.315 e. The molecule has 220 valence electrons. The Morgan fingerprint density at radius 3 is 2.41 bits per heavy atom. The molecule has 1 heterocycles. The van der Waals surface area contributed by atoms with Crippen LogP contribution in [0.25, 0.3) is 0 Å². The van der Waals surface area contributed by atoms with Gasteiger partial charge in [-0.3, -0.25) is 19.2 Å². The molecule has 0 bridgehead atoms. The molecule has 2 aromatic rings. The van der Waals surface area contributed by atoms with Crippen molar-refractivity contribution in [2.24, 2.45) is 11.8 Å². The summed E-state index contributed by atoms with van der Waals surface area (Å²) in [4.78, 5) is 64.4. The van der Waals surface area contributed by atoms with Crippen LogP contribution in [0.3, 0.4) is 0 Å². The number of urea groups is 1. The van der Waals surface area contributed by atoms with Crippen molar-refractivity contribution in [2.75, 3.05) is 19.0 Å². The van der Waals surface area contributed by atoms with Gasteiger partial charge < -0.3 is 31.3 Å². The van der Waals surface area contributed by atoms with E-state index in [9.17, 15) is 28.4 Å². The first kappa shape index (κ1) is 31.1. The van der Waals surface area contributed by atoms with Gasteiger partial charge in [0, 0.05) is 36.8 Å². The van der Waals surface area contributed by atoms with Crippen LogP contribution >= 0.6 is 0 Å². The van der Waals surface area contributed by atoms with Crippen LogP contribution < -0.4 is 31.3 Å². The Bertz CT molecular complexity index is 1260. The summed E-state index contributed by atoms with van der Waals surface area (Å²) in [6, 6.07) is 9.73. The fraction of sp³-hybridized carbons (Fsp3) is 0.414. The van der Waals surface area contributed by atoms with Crippen molar-refractivity contribution >= 4 is 35.2 Å². The summed E-state index contributed by atoms with van der Waals surface area (Å²) in [5.41, 5.74) is 0.855. The topological polar surface area (TPSA) is 155 Å². The summed E-state index contributed by atoms with van der Waals surface area (Å²) in [6.07, 6.45) is 0.562. The minimum absolute atomic E-state index is 0.00110. The number of carbonyl (C=O) groups excluding carboxylic acids is 5. The molecule has 1 aliphatic heterocycles. The second-order valence-electron chi connectivity index (χ2n) is 10.3. The highest BCUT2D eigenvalue weighted by atomic mass is 19.1.